The van der Waals surface area contributed by atoms with Crippen LogP contribution in [0.5, 0.6) is 0 Å². The molecule has 0 aromatic heterocycles. The number of amides is 2. The summed E-state index contributed by atoms with van der Waals surface area (Å²) >= 11 is 0. The first-order chi connectivity index (χ1) is 11.8. The number of carbonyl (C=O) groups is 3. The first-order valence-electron chi connectivity index (χ1n) is 8.11. The van der Waals surface area contributed by atoms with Crippen LogP contribution in [0.3, 0.4) is 0 Å². The fourth-order valence-corrected chi connectivity index (χ4v) is 3.50. The Balaban J connectivity index is 1.78. The van der Waals surface area contributed by atoms with Crippen LogP contribution >= 0.6 is 0 Å². The summed E-state index contributed by atoms with van der Waals surface area (Å²) in [6, 6.07) is 5.67. The van der Waals surface area contributed by atoms with Crippen LogP contribution in [0.25, 0.3) is 0 Å². The Morgan fingerprint density at radius 1 is 1.16 bits per heavy atom. The van der Waals surface area contributed by atoms with E-state index in [4.69, 9.17) is 5.11 Å². The van der Waals surface area contributed by atoms with E-state index in [2.05, 4.69) is 12.2 Å². The van der Waals surface area contributed by atoms with Crippen LogP contribution < -0.4 is 5.32 Å². The monoisotopic (exact) mass is 366 g/mol. The largest absolute Gasteiger partial charge is 0.478 e. The number of likely N-dealkylation sites (tertiary alicyclic amines) is 1. The van der Waals surface area contributed by atoms with E-state index >= 15 is 0 Å². The minimum Gasteiger partial charge on any atom is -0.478 e. The number of hydrogen-bond donors (Lipinski definition) is 2. The molecule has 0 radical (unpaired) electrons. The van der Waals surface area contributed by atoms with Crippen molar-refractivity contribution in [1.29, 1.82) is 0 Å². The highest BCUT2D eigenvalue weighted by Gasteiger charge is 2.22. The molecule has 0 saturated carbocycles. The molecule has 1 aromatic rings. The molecule has 1 atom stereocenters. The number of anilines is 1. The maximum atomic E-state index is 12.1. The summed E-state index contributed by atoms with van der Waals surface area (Å²) in [4.78, 5) is 36.5. The predicted molar refractivity (Wildman–Crippen MR) is 94.9 cm³/mol. The molecule has 1 fully saturated rings. The van der Waals surface area contributed by atoms with Crippen LogP contribution in [0.1, 0.15) is 30.1 Å². The van der Waals surface area contributed by atoms with Crippen molar-refractivity contribution in [1.82, 2.24) is 4.90 Å². The molecule has 2 rings (SSSR count). The number of piperidine rings is 1. The third-order valence-corrected chi connectivity index (χ3v) is 5.28. The van der Waals surface area contributed by atoms with E-state index in [1.54, 1.807) is 4.90 Å². The number of carboxylic acid groups (broad SMARTS) is 1. The number of benzene rings is 1. The zero-order chi connectivity index (χ0) is 18.4. The first kappa shape index (κ1) is 19.1. The van der Waals surface area contributed by atoms with Crippen molar-refractivity contribution in [2.45, 2.75) is 19.8 Å². The molecule has 1 saturated heterocycles. The highest BCUT2D eigenvalue weighted by atomic mass is 32.2. The van der Waals surface area contributed by atoms with E-state index < -0.39 is 22.7 Å². The molecule has 2 amide bonds. The van der Waals surface area contributed by atoms with Gasteiger partial charge in [0.15, 0.2) is 0 Å². The lowest BCUT2D eigenvalue weighted by atomic mass is 9.99. The van der Waals surface area contributed by atoms with Gasteiger partial charge < -0.3 is 15.3 Å². The van der Waals surface area contributed by atoms with Crippen LogP contribution in [0.2, 0.25) is 0 Å². The molecule has 0 aliphatic carbocycles. The molecule has 1 unspecified atom stereocenters. The third-order valence-electron chi connectivity index (χ3n) is 4.13. The summed E-state index contributed by atoms with van der Waals surface area (Å²) in [7, 11) is -1.57. The van der Waals surface area contributed by atoms with Crippen molar-refractivity contribution in [2.75, 3.05) is 29.9 Å². The van der Waals surface area contributed by atoms with Crippen LogP contribution in [-0.4, -0.2) is 56.6 Å². The average Bonchev–Trinajstić information content (AvgIpc) is 2.55. The highest BCUT2D eigenvalue weighted by molar-refractivity contribution is 7.86. The number of nitrogens with one attached hydrogen (secondary N) is 1. The Labute approximate surface area is 148 Å². The van der Waals surface area contributed by atoms with Gasteiger partial charge in [-0.3, -0.25) is 13.8 Å². The number of aromatic carboxylic acids is 1. The molecule has 1 aliphatic rings. The van der Waals surface area contributed by atoms with Gasteiger partial charge in [-0.25, -0.2) is 4.79 Å². The summed E-state index contributed by atoms with van der Waals surface area (Å²) in [6.07, 6.45) is 1.90. The zero-order valence-electron chi connectivity index (χ0n) is 14.1. The quantitative estimate of drug-likeness (QED) is 0.790. The summed E-state index contributed by atoms with van der Waals surface area (Å²) in [5, 5.41) is 11.4. The second-order valence-corrected chi connectivity index (χ2v) is 7.68. The average molecular weight is 366 g/mol. The lowest BCUT2D eigenvalue weighted by Gasteiger charge is -2.30. The van der Waals surface area contributed by atoms with E-state index in [0.717, 1.165) is 12.8 Å². The van der Waals surface area contributed by atoms with Crippen molar-refractivity contribution in [3.8, 4) is 0 Å². The van der Waals surface area contributed by atoms with E-state index in [-0.39, 0.29) is 23.0 Å². The van der Waals surface area contributed by atoms with Crippen LogP contribution in [-0.2, 0) is 20.4 Å². The second kappa shape index (κ2) is 8.75. The molecule has 0 spiro atoms. The number of nitrogens with zero attached hydrogens (tertiary/aromatic N) is 1. The number of carbonyl (C=O) groups excluding carboxylic acids is 2. The fourth-order valence-electron chi connectivity index (χ4n) is 2.58. The van der Waals surface area contributed by atoms with Crippen molar-refractivity contribution < 1.29 is 23.7 Å². The fraction of sp³-hybridized carbons (Fsp3) is 0.471. The van der Waals surface area contributed by atoms with Gasteiger partial charge in [-0.1, -0.05) is 6.92 Å². The van der Waals surface area contributed by atoms with Crippen molar-refractivity contribution in [2.24, 2.45) is 5.92 Å². The highest BCUT2D eigenvalue weighted by Crippen LogP contribution is 2.16. The van der Waals surface area contributed by atoms with Gasteiger partial charge in [0.05, 0.1) is 5.56 Å². The summed E-state index contributed by atoms with van der Waals surface area (Å²) in [6.45, 7) is 3.51. The van der Waals surface area contributed by atoms with Gasteiger partial charge in [-0.2, -0.15) is 0 Å². The first-order valence-corrected chi connectivity index (χ1v) is 9.60. The molecule has 7 nitrogen and oxygen atoms in total. The number of carboxylic acids is 1. The molecule has 1 aliphatic heterocycles. The maximum absolute atomic E-state index is 12.1. The van der Waals surface area contributed by atoms with Gasteiger partial charge in [0, 0.05) is 29.6 Å². The Morgan fingerprint density at radius 2 is 1.76 bits per heavy atom. The Kier molecular flexibility index (Phi) is 6.69. The Bertz CT molecular complexity index is 666. The summed E-state index contributed by atoms with van der Waals surface area (Å²) < 4.78 is 12.0. The SMILES string of the molecule is CC1CCN(C(=O)CS(=O)CC(=O)Nc2ccc(C(=O)O)cc2)CC1. The van der Waals surface area contributed by atoms with Gasteiger partial charge in [-0.15, -0.1) is 0 Å². The predicted octanol–water partition coefficient (Wildman–Crippen LogP) is 1.33. The molecular formula is C17H22N2O5S. The summed E-state index contributed by atoms with van der Waals surface area (Å²) in [5.41, 5.74) is 0.534. The molecule has 2 N–H and O–H groups in total. The van der Waals surface area contributed by atoms with Gasteiger partial charge in [0.25, 0.3) is 0 Å². The molecule has 136 valence electrons. The van der Waals surface area contributed by atoms with E-state index in [1.807, 2.05) is 0 Å². The van der Waals surface area contributed by atoms with Crippen LogP contribution in [0.4, 0.5) is 5.69 Å². The van der Waals surface area contributed by atoms with E-state index in [0.29, 0.717) is 24.7 Å². The maximum Gasteiger partial charge on any atom is 0.335 e. The standard InChI is InChI=1S/C17H22N2O5S/c1-12-6-8-19(9-7-12)16(21)11-25(24)10-15(20)18-14-4-2-13(3-5-14)17(22)23/h2-5,12H,6-11H2,1H3,(H,18,20)(H,22,23). The third kappa shape index (κ3) is 5.97. The Morgan fingerprint density at radius 3 is 2.32 bits per heavy atom. The van der Waals surface area contributed by atoms with Gasteiger partial charge >= 0.3 is 5.97 Å². The van der Waals surface area contributed by atoms with E-state index in [1.165, 1.54) is 24.3 Å². The van der Waals surface area contributed by atoms with Gasteiger partial charge in [0.2, 0.25) is 11.8 Å². The lowest BCUT2D eigenvalue weighted by molar-refractivity contribution is -0.129. The molecule has 8 heteroatoms. The minimum absolute atomic E-state index is 0.114. The molecule has 1 heterocycles. The van der Waals surface area contributed by atoms with E-state index in [9.17, 15) is 18.6 Å². The van der Waals surface area contributed by atoms with Crippen molar-refractivity contribution >= 4 is 34.3 Å². The Hall–Kier alpha value is -2.22. The van der Waals surface area contributed by atoms with Gasteiger partial charge in [-0.05, 0) is 43.0 Å². The lowest BCUT2D eigenvalue weighted by Crippen LogP contribution is -2.40. The molecular weight excluding hydrogens is 344 g/mol. The van der Waals surface area contributed by atoms with Crippen LogP contribution in [0.15, 0.2) is 24.3 Å². The number of hydrogen-bond acceptors (Lipinski definition) is 4. The summed E-state index contributed by atoms with van der Waals surface area (Å²) in [5.74, 6) is -1.51. The zero-order valence-corrected chi connectivity index (χ0v) is 14.9. The number of rotatable bonds is 6. The minimum atomic E-state index is -1.57. The normalized spacial score (nSPS) is 16.3. The van der Waals surface area contributed by atoms with Gasteiger partial charge in [0.1, 0.15) is 11.5 Å². The van der Waals surface area contributed by atoms with Crippen molar-refractivity contribution in [3.63, 3.8) is 0 Å². The molecule has 25 heavy (non-hydrogen) atoms. The second-order valence-electron chi connectivity index (χ2n) is 6.22. The topological polar surface area (TPSA) is 104 Å². The smallest absolute Gasteiger partial charge is 0.335 e. The van der Waals surface area contributed by atoms with Crippen LogP contribution in [0, 0.1) is 5.92 Å². The molecule has 1 aromatic carbocycles. The molecule has 0 bridgehead atoms. The van der Waals surface area contributed by atoms with Crippen molar-refractivity contribution in [3.05, 3.63) is 29.8 Å².